The summed E-state index contributed by atoms with van der Waals surface area (Å²) < 4.78 is 5.48. The Morgan fingerprint density at radius 2 is 1.93 bits per heavy atom. The SMILES string of the molecule is CN=C/C([B]OC(C)(C)C(C)(C)O)=C\N. The molecule has 0 amide bonds. The highest BCUT2D eigenvalue weighted by molar-refractivity contribution is 6.46. The summed E-state index contributed by atoms with van der Waals surface area (Å²) >= 11 is 0. The number of nitrogens with zero attached hydrogens (tertiary/aromatic N) is 1. The summed E-state index contributed by atoms with van der Waals surface area (Å²) in [6.45, 7) is 7.00. The summed E-state index contributed by atoms with van der Waals surface area (Å²) in [5.41, 5.74) is 4.40. The quantitative estimate of drug-likeness (QED) is 0.518. The van der Waals surface area contributed by atoms with Crippen LogP contribution in [0.3, 0.4) is 0 Å². The van der Waals surface area contributed by atoms with Gasteiger partial charge in [0.15, 0.2) is 0 Å². The molecule has 1 radical (unpaired) electrons. The van der Waals surface area contributed by atoms with E-state index < -0.39 is 11.2 Å². The molecule has 0 rings (SSSR count). The Bertz CT molecular complexity index is 255. The highest BCUT2D eigenvalue weighted by Gasteiger charge is 2.35. The largest absolute Gasteiger partial charge is 0.427 e. The second-order valence-electron chi connectivity index (χ2n) is 4.36. The van der Waals surface area contributed by atoms with Crippen molar-refractivity contribution in [2.75, 3.05) is 7.05 Å². The zero-order valence-corrected chi connectivity index (χ0v) is 10.1. The van der Waals surface area contributed by atoms with E-state index in [4.69, 9.17) is 10.4 Å². The summed E-state index contributed by atoms with van der Waals surface area (Å²) in [5.74, 6) is 0. The van der Waals surface area contributed by atoms with Gasteiger partial charge in [0, 0.05) is 13.3 Å². The standard InChI is InChI=1S/C10H20BN2O2/c1-9(2,14)10(3,4)15-11-8(6-12)7-13-5/h6-7,14H,12H2,1-5H3/b8-6+,13-7?. The lowest BCUT2D eigenvalue weighted by atomic mass is 9.83. The Kier molecular flexibility index (Phi) is 5.04. The molecule has 3 N–H and O–H groups in total. The molecule has 0 aliphatic carbocycles. The topological polar surface area (TPSA) is 67.8 Å². The average molecular weight is 211 g/mol. The van der Waals surface area contributed by atoms with E-state index in [2.05, 4.69) is 4.99 Å². The zero-order valence-electron chi connectivity index (χ0n) is 10.1. The lowest BCUT2D eigenvalue weighted by Gasteiger charge is -2.37. The van der Waals surface area contributed by atoms with Crippen LogP contribution < -0.4 is 5.73 Å². The van der Waals surface area contributed by atoms with Crippen LogP contribution in [-0.4, -0.2) is 37.1 Å². The maximum atomic E-state index is 9.83. The summed E-state index contributed by atoms with van der Waals surface area (Å²) in [4.78, 5) is 3.82. The third kappa shape index (κ3) is 4.49. The number of nitrogens with two attached hydrogens (primary N) is 1. The number of aliphatic imine (C=N–C) groups is 1. The first-order valence-electron chi connectivity index (χ1n) is 4.82. The summed E-state index contributed by atoms with van der Waals surface area (Å²) in [5, 5.41) is 9.83. The molecule has 0 saturated carbocycles. The summed E-state index contributed by atoms with van der Waals surface area (Å²) in [6, 6.07) is 0. The predicted octanol–water partition coefficient (Wildman–Crippen LogP) is 0.672. The van der Waals surface area contributed by atoms with Gasteiger partial charge in [-0.1, -0.05) is 0 Å². The van der Waals surface area contributed by atoms with Crippen molar-refractivity contribution in [1.29, 1.82) is 0 Å². The van der Waals surface area contributed by atoms with E-state index >= 15 is 0 Å². The van der Waals surface area contributed by atoms with Crippen molar-refractivity contribution in [2.24, 2.45) is 10.7 Å². The van der Waals surface area contributed by atoms with Crippen LogP contribution in [0.5, 0.6) is 0 Å². The molecule has 0 aliphatic heterocycles. The Hall–Kier alpha value is -0.805. The number of aliphatic hydroxyl groups is 1. The third-order valence-corrected chi connectivity index (χ3v) is 2.43. The van der Waals surface area contributed by atoms with Gasteiger partial charge in [-0.15, -0.1) is 0 Å². The second kappa shape index (κ2) is 5.33. The molecule has 15 heavy (non-hydrogen) atoms. The lowest BCUT2D eigenvalue weighted by Crippen LogP contribution is -2.48. The van der Waals surface area contributed by atoms with Crippen LogP contribution in [0.2, 0.25) is 0 Å². The van der Waals surface area contributed by atoms with Crippen LogP contribution >= 0.6 is 0 Å². The minimum atomic E-state index is -0.938. The number of hydrogen-bond donors (Lipinski definition) is 2. The predicted molar refractivity (Wildman–Crippen MR) is 63.9 cm³/mol. The van der Waals surface area contributed by atoms with E-state index in [1.165, 1.54) is 13.7 Å². The molecule has 0 saturated heterocycles. The van der Waals surface area contributed by atoms with Crippen LogP contribution in [-0.2, 0) is 4.65 Å². The monoisotopic (exact) mass is 211 g/mol. The van der Waals surface area contributed by atoms with Crippen molar-refractivity contribution in [3.05, 3.63) is 11.7 Å². The highest BCUT2D eigenvalue weighted by atomic mass is 16.5. The van der Waals surface area contributed by atoms with Gasteiger partial charge in [-0.2, -0.15) is 0 Å². The van der Waals surface area contributed by atoms with Crippen molar-refractivity contribution < 1.29 is 9.76 Å². The molecule has 0 aliphatic rings. The molecule has 0 aromatic heterocycles. The minimum Gasteiger partial charge on any atom is -0.427 e. The Labute approximate surface area is 92.5 Å². The van der Waals surface area contributed by atoms with E-state index in [0.717, 1.165) is 0 Å². The molecule has 5 heteroatoms. The van der Waals surface area contributed by atoms with Crippen molar-refractivity contribution in [1.82, 2.24) is 0 Å². The van der Waals surface area contributed by atoms with Crippen LogP contribution in [0.4, 0.5) is 0 Å². The molecule has 0 aromatic carbocycles. The molecule has 0 aromatic rings. The molecule has 85 valence electrons. The molecule has 0 unspecified atom stereocenters. The van der Waals surface area contributed by atoms with Gasteiger partial charge in [0.05, 0.1) is 11.2 Å². The molecule has 4 nitrogen and oxygen atoms in total. The smallest absolute Gasteiger partial charge is 0.333 e. The first kappa shape index (κ1) is 14.2. The molecule has 0 heterocycles. The van der Waals surface area contributed by atoms with Gasteiger partial charge in [-0.25, -0.2) is 0 Å². The fourth-order valence-electron chi connectivity index (χ4n) is 0.621. The van der Waals surface area contributed by atoms with Crippen molar-refractivity contribution >= 4 is 13.7 Å². The van der Waals surface area contributed by atoms with Crippen LogP contribution in [0.15, 0.2) is 16.7 Å². The van der Waals surface area contributed by atoms with Crippen LogP contribution in [0.1, 0.15) is 27.7 Å². The van der Waals surface area contributed by atoms with Gasteiger partial charge >= 0.3 is 7.48 Å². The van der Waals surface area contributed by atoms with E-state index in [-0.39, 0.29) is 0 Å². The first-order valence-corrected chi connectivity index (χ1v) is 4.82. The number of allylic oxidation sites excluding steroid dienone is 1. The highest BCUT2D eigenvalue weighted by Crippen LogP contribution is 2.24. The fraction of sp³-hybridized carbons (Fsp3) is 0.700. The van der Waals surface area contributed by atoms with Gasteiger partial charge < -0.3 is 15.5 Å². The van der Waals surface area contributed by atoms with E-state index in [0.29, 0.717) is 5.47 Å². The van der Waals surface area contributed by atoms with Crippen LogP contribution in [0, 0.1) is 0 Å². The first-order chi connectivity index (χ1) is 6.74. The Morgan fingerprint density at radius 1 is 1.40 bits per heavy atom. The van der Waals surface area contributed by atoms with Crippen molar-refractivity contribution in [3.8, 4) is 0 Å². The maximum Gasteiger partial charge on any atom is 0.333 e. The maximum absolute atomic E-state index is 9.83. The van der Waals surface area contributed by atoms with E-state index in [1.807, 2.05) is 0 Å². The number of hydrogen-bond acceptors (Lipinski definition) is 4. The molecule has 0 atom stereocenters. The fourth-order valence-corrected chi connectivity index (χ4v) is 0.621. The Balaban J connectivity index is 4.39. The van der Waals surface area contributed by atoms with Crippen molar-refractivity contribution in [3.63, 3.8) is 0 Å². The van der Waals surface area contributed by atoms with E-state index in [1.54, 1.807) is 41.0 Å². The molecule has 0 bridgehead atoms. The average Bonchev–Trinajstić information content (AvgIpc) is 2.10. The van der Waals surface area contributed by atoms with Crippen molar-refractivity contribution in [2.45, 2.75) is 38.9 Å². The second-order valence-corrected chi connectivity index (χ2v) is 4.36. The normalized spacial score (nSPS) is 14.7. The minimum absolute atomic E-state index is 0.662. The zero-order chi connectivity index (χ0) is 12.1. The molecular formula is C10H20BN2O2. The third-order valence-electron chi connectivity index (χ3n) is 2.43. The van der Waals surface area contributed by atoms with Gasteiger partial charge in [0.25, 0.3) is 0 Å². The number of rotatable bonds is 5. The van der Waals surface area contributed by atoms with Gasteiger partial charge in [-0.05, 0) is 39.4 Å². The van der Waals surface area contributed by atoms with Crippen LogP contribution in [0.25, 0.3) is 0 Å². The molecular weight excluding hydrogens is 191 g/mol. The van der Waals surface area contributed by atoms with Gasteiger partial charge in [0.1, 0.15) is 0 Å². The molecule has 0 spiro atoms. The summed E-state index contributed by atoms with van der Waals surface area (Å²) in [6.07, 6.45) is 2.98. The Morgan fingerprint density at radius 3 is 2.27 bits per heavy atom. The van der Waals surface area contributed by atoms with Gasteiger partial charge in [0.2, 0.25) is 0 Å². The van der Waals surface area contributed by atoms with E-state index in [9.17, 15) is 5.11 Å². The van der Waals surface area contributed by atoms with Gasteiger partial charge in [-0.3, -0.25) is 4.99 Å². The lowest BCUT2D eigenvalue weighted by molar-refractivity contribution is -0.0895. The summed E-state index contributed by atoms with van der Waals surface area (Å²) in [7, 11) is 3.14. The molecule has 0 fully saturated rings.